The first-order valence-corrected chi connectivity index (χ1v) is 4.41. The van der Waals surface area contributed by atoms with E-state index in [1.165, 1.54) is 0 Å². The van der Waals surface area contributed by atoms with E-state index in [0.29, 0.717) is 11.7 Å². The van der Waals surface area contributed by atoms with Crippen LogP contribution in [0.25, 0.3) is 0 Å². The Kier molecular flexibility index (Phi) is 3.10. The number of ketones is 1. The van der Waals surface area contributed by atoms with E-state index in [1.54, 1.807) is 6.08 Å². The highest BCUT2D eigenvalue weighted by Crippen LogP contribution is 2.27. The molecule has 0 aliphatic heterocycles. The van der Waals surface area contributed by atoms with E-state index >= 15 is 0 Å². The molecule has 0 N–H and O–H groups in total. The largest absolute Gasteiger partial charge is 0.299 e. The number of hydrogen-bond acceptors (Lipinski definition) is 1. The standard InChI is InChI=1S/C11H14O/c1-3-4-7-10-9(2)6-5-8-11(10)12/h1,4,7,9-10H,5-6,8H2,2H3. The van der Waals surface area contributed by atoms with Gasteiger partial charge in [0.2, 0.25) is 0 Å². The second-order valence-electron chi connectivity index (χ2n) is 3.39. The van der Waals surface area contributed by atoms with Gasteiger partial charge >= 0.3 is 0 Å². The fourth-order valence-electron chi connectivity index (χ4n) is 1.72. The highest BCUT2D eigenvalue weighted by Gasteiger charge is 2.25. The molecule has 1 aliphatic carbocycles. The summed E-state index contributed by atoms with van der Waals surface area (Å²) in [6.45, 7) is 2.11. The molecular formula is C11H14O. The van der Waals surface area contributed by atoms with Crippen molar-refractivity contribution in [3.05, 3.63) is 12.2 Å². The summed E-state index contributed by atoms with van der Waals surface area (Å²) in [7, 11) is 0. The maximum absolute atomic E-state index is 11.4. The molecule has 1 aliphatic rings. The Bertz CT molecular complexity index is 232. The van der Waals surface area contributed by atoms with Crippen molar-refractivity contribution in [2.75, 3.05) is 0 Å². The first-order chi connectivity index (χ1) is 5.75. The Hall–Kier alpha value is -1.03. The lowest BCUT2D eigenvalue weighted by Crippen LogP contribution is -2.24. The van der Waals surface area contributed by atoms with E-state index in [-0.39, 0.29) is 5.92 Å². The van der Waals surface area contributed by atoms with Crippen molar-refractivity contribution in [2.45, 2.75) is 26.2 Å². The highest BCUT2D eigenvalue weighted by atomic mass is 16.1. The number of hydrogen-bond donors (Lipinski definition) is 0. The minimum absolute atomic E-state index is 0.0785. The summed E-state index contributed by atoms with van der Waals surface area (Å²) >= 11 is 0. The van der Waals surface area contributed by atoms with Crippen molar-refractivity contribution < 1.29 is 4.79 Å². The molecule has 64 valence electrons. The third kappa shape index (κ3) is 1.98. The second-order valence-corrected chi connectivity index (χ2v) is 3.39. The van der Waals surface area contributed by atoms with Crippen LogP contribution in [0.4, 0.5) is 0 Å². The molecule has 12 heavy (non-hydrogen) atoms. The van der Waals surface area contributed by atoms with Crippen LogP contribution >= 0.6 is 0 Å². The Morgan fingerprint density at radius 1 is 1.67 bits per heavy atom. The van der Waals surface area contributed by atoms with Crippen molar-refractivity contribution in [3.8, 4) is 12.3 Å². The monoisotopic (exact) mass is 162 g/mol. The van der Waals surface area contributed by atoms with Crippen LogP contribution in [0.15, 0.2) is 12.2 Å². The number of rotatable bonds is 1. The third-order valence-corrected chi connectivity index (χ3v) is 2.47. The molecule has 0 saturated heterocycles. The van der Waals surface area contributed by atoms with Gasteiger partial charge in [-0.2, -0.15) is 0 Å². The van der Waals surface area contributed by atoms with Gasteiger partial charge in [0.15, 0.2) is 0 Å². The van der Waals surface area contributed by atoms with Crippen LogP contribution in [0.1, 0.15) is 26.2 Å². The van der Waals surface area contributed by atoms with Crippen molar-refractivity contribution in [3.63, 3.8) is 0 Å². The van der Waals surface area contributed by atoms with Gasteiger partial charge in [-0.3, -0.25) is 4.79 Å². The summed E-state index contributed by atoms with van der Waals surface area (Å²) in [5.74, 6) is 3.32. The van der Waals surface area contributed by atoms with E-state index < -0.39 is 0 Å². The molecule has 0 spiro atoms. The average molecular weight is 162 g/mol. The Labute approximate surface area is 73.9 Å². The predicted octanol–water partition coefficient (Wildman–Crippen LogP) is 2.18. The number of carbonyl (C=O) groups is 1. The number of Topliss-reactive ketones (excluding diaryl/α,β-unsaturated/α-hetero) is 1. The van der Waals surface area contributed by atoms with Crippen LogP contribution in [-0.4, -0.2) is 5.78 Å². The summed E-state index contributed by atoms with van der Waals surface area (Å²) in [5, 5.41) is 0. The minimum Gasteiger partial charge on any atom is -0.299 e. The van der Waals surface area contributed by atoms with Crippen LogP contribution in [0.5, 0.6) is 0 Å². The molecule has 1 nitrogen and oxygen atoms in total. The Morgan fingerprint density at radius 3 is 3.00 bits per heavy atom. The third-order valence-electron chi connectivity index (χ3n) is 2.47. The van der Waals surface area contributed by atoms with Crippen LogP contribution in [0.2, 0.25) is 0 Å². The molecular weight excluding hydrogens is 148 g/mol. The lowest BCUT2D eigenvalue weighted by Gasteiger charge is -2.24. The van der Waals surface area contributed by atoms with Gasteiger partial charge in [-0.15, -0.1) is 6.42 Å². The van der Waals surface area contributed by atoms with Gasteiger partial charge in [-0.25, -0.2) is 0 Å². The van der Waals surface area contributed by atoms with E-state index in [0.717, 1.165) is 19.3 Å². The second kappa shape index (κ2) is 4.11. The molecule has 2 atom stereocenters. The van der Waals surface area contributed by atoms with Gasteiger partial charge in [0.1, 0.15) is 5.78 Å². The molecule has 0 aromatic carbocycles. The maximum Gasteiger partial charge on any atom is 0.140 e. The molecule has 0 radical (unpaired) electrons. The summed E-state index contributed by atoms with van der Waals surface area (Å²) in [5.41, 5.74) is 0. The minimum atomic E-state index is 0.0785. The molecule has 0 amide bonds. The first kappa shape index (κ1) is 9.06. The van der Waals surface area contributed by atoms with Gasteiger partial charge in [-0.1, -0.05) is 18.9 Å². The summed E-state index contributed by atoms with van der Waals surface area (Å²) in [4.78, 5) is 11.4. The lowest BCUT2D eigenvalue weighted by molar-refractivity contribution is -0.124. The number of allylic oxidation sites excluding steroid dienone is 2. The summed E-state index contributed by atoms with van der Waals surface area (Å²) in [6.07, 6.45) is 11.5. The van der Waals surface area contributed by atoms with E-state index in [4.69, 9.17) is 6.42 Å². The zero-order chi connectivity index (χ0) is 8.97. The number of carbonyl (C=O) groups excluding carboxylic acids is 1. The maximum atomic E-state index is 11.4. The van der Waals surface area contributed by atoms with Crippen molar-refractivity contribution in [2.24, 2.45) is 11.8 Å². The SMILES string of the molecule is C#CC=CC1C(=O)CCCC1C. The molecule has 2 unspecified atom stereocenters. The van der Waals surface area contributed by atoms with Gasteiger partial charge in [0, 0.05) is 12.3 Å². The Morgan fingerprint density at radius 2 is 2.42 bits per heavy atom. The van der Waals surface area contributed by atoms with Crippen molar-refractivity contribution in [1.29, 1.82) is 0 Å². The molecule has 1 rings (SSSR count). The van der Waals surface area contributed by atoms with Crippen LogP contribution < -0.4 is 0 Å². The molecule has 0 aromatic rings. The van der Waals surface area contributed by atoms with Gasteiger partial charge in [0.05, 0.1) is 0 Å². The zero-order valence-corrected chi connectivity index (χ0v) is 7.42. The molecule has 0 aromatic heterocycles. The lowest BCUT2D eigenvalue weighted by atomic mass is 9.79. The zero-order valence-electron chi connectivity index (χ0n) is 7.42. The topological polar surface area (TPSA) is 17.1 Å². The van der Waals surface area contributed by atoms with E-state index in [2.05, 4.69) is 12.8 Å². The fraction of sp³-hybridized carbons (Fsp3) is 0.545. The van der Waals surface area contributed by atoms with Crippen LogP contribution in [0.3, 0.4) is 0 Å². The van der Waals surface area contributed by atoms with E-state index in [1.807, 2.05) is 6.08 Å². The Balaban J connectivity index is 2.64. The van der Waals surface area contributed by atoms with Gasteiger partial charge < -0.3 is 0 Å². The van der Waals surface area contributed by atoms with Gasteiger partial charge in [-0.05, 0) is 24.8 Å². The molecule has 0 heterocycles. The molecule has 1 fully saturated rings. The molecule has 0 bridgehead atoms. The molecule has 1 saturated carbocycles. The van der Waals surface area contributed by atoms with Gasteiger partial charge in [0.25, 0.3) is 0 Å². The molecule has 1 heteroatoms. The predicted molar refractivity (Wildman–Crippen MR) is 49.5 cm³/mol. The number of terminal acetylenes is 1. The summed E-state index contributed by atoms with van der Waals surface area (Å²) in [6, 6.07) is 0. The highest BCUT2D eigenvalue weighted by molar-refractivity contribution is 5.83. The van der Waals surface area contributed by atoms with Crippen molar-refractivity contribution >= 4 is 5.78 Å². The van der Waals surface area contributed by atoms with Crippen molar-refractivity contribution in [1.82, 2.24) is 0 Å². The van der Waals surface area contributed by atoms with Crippen LogP contribution in [-0.2, 0) is 4.79 Å². The first-order valence-electron chi connectivity index (χ1n) is 4.41. The summed E-state index contributed by atoms with van der Waals surface area (Å²) < 4.78 is 0. The smallest absolute Gasteiger partial charge is 0.140 e. The normalized spacial score (nSPS) is 30.5. The van der Waals surface area contributed by atoms with E-state index in [9.17, 15) is 4.79 Å². The van der Waals surface area contributed by atoms with Crippen LogP contribution in [0, 0.1) is 24.2 Å². The average Bonchev–Trinajstić information content (AvgIpc) is 2.04. The quantitative estimate of drug-likeness (QED) is 0.540. The fourth-order valence-corrected chi connectivity index (χ4v) is 1.72.